The molecule has 2 N–H and O–H groups in total. The van der Waals surface area contributed by atoms with E-state index < -0.39 is 0 Å². The van der Waals surface area contributed by atoms with E-state index in [1.54, 1.807) is 0 Å². The summed E-state index contributed by atoms with van der Waals surface area (Å²) in [5.74, 6) is 0.896. The van der Waals surface area contributed by atoms with Crippen LogP contribution in [-0.4, -0.2) is 0 Å². The number of hydrogen-bond donors (Lipinski definition) is 1. The molecular weight excluding hydrogens is 222 g/mol. The Morgan fingerprint density at radius 1 is 1.00 bits per heavy atom. The van der Waals surface area contributed by atoms with Gasteiger partial charge in [-0.25, -0.2) is 0 Å². The van der Waals surface area contributed by atoms with Crippen LogP contribution in [0.3, 0.4) is 0 Å². The standard InChI is InChI=1S/C16H15NO/c1-11(17)12-6-8-13(9-7-12)16-10-14-4-2-3-5-15(14)18-16/h2-11H,17H2,1H3. The van der Waals surface area contributed by atoms with Crippen molar-refractivity contribution in [2.75, 3.05) is 0 Å². The molecule has 0 aliphatic rings. The van der Waals surface area contributed by atoms with Gasteiger partial charge < -0.3 is 10.2 Å². The highest BCUT2D eigenvalue weighted by Crippen LogP contribution is 2.28. The Bertz CT molecular complexity index is 632. The normalized spacial score (nSPS) is 12.8. The highest BCUT2D eigenvalue weighted by atomic mass is 16.3. The van der Waals surface area contributed by atoms with Gasteiger partial charge in [0.05, 0.1) is 0 Å². The second-order valence-electron chi connectivity index (χ2n) is 4.56. The quantitative estimate of drug-likeness (QED) is 0.728. The van der Waals surface area contributed by atoms with E-state index in [1.165, 1.54) is 0 Å². The number of fused-ring (bicyclic) bond motifs is 1. The van der Waals surface area contributed by atoms with Gasteiger partial charge in [-0.1, -0.05) is 42.5 Å². The van der Waals surface area contributed by atoms with Crippen LogP contribution < -0.4 is 5.73 Å². The molecule has 2 heteroatoms. The Morgan fingerprint density at radius 2 is 1.72 bits per heavy atom. The van der Waals surface area contributed by atoms with Crippen LogP contribution in [0, 0.1) is 0 Å². The minimum Gasteiger partial charge on any atom is -0.456 e. The first kappa shape index (κ1) is 11.1. The summed E-state index contributed by atoms with van der Waals surface area (Å²) in [6.07, 6.45) is 0. The van der Waals surface area contributed by atoms with Gasteiger partial charge in [0, 0.05) is 17.0 Å². The summed E-state index contributed by atoms with van der Waals surface area (Å²) >= 11 is 0. The molecule has 1 atom stereocenters. The van der Waals surface area contributed by atoms with Crippen LogP contribution in [0.4, 0.5) is 0 Å². The molecule has 1 unspecified atom stereocenters. The zero-order chi connectivity index (χ0) is 12.5. The van der Waals surface area contributed by atoms with Gasteiger partial charge >= 0.3 is 0 Å². The third-order valence-corrected chi connectivity index (χ3v) is 3.15. The third kappa shape index (κ3) is 1.91. The molecule has 90 valence electrons. The predicted octanol–water partition coefficient (Wildman–Crippen LogP) is 4.12. The lowest BCUT2D eigenvalue weighted by molar-refractivity contribution is 0.631. The molecule has 1 heterocycles. The minimum absolute atomic E-state index is 0.0646. The Hall–Kier alpha value is -2.06. The first-order valence-electron chi connectivity index (χ1n) is 6.08. The monoisotopic (exact) mass is 237 g/mol. The number of nitrogens with two attached hydrogens (primary N) is 1. The molecule has 2 aromatic carbocycles. The zero-order valence-electron chi connectivity index (χ0n) is 10.3. The summed E-state index contributed by atoms with van der Waals surface area (Å²) in [6, 6.07) is 18.4. The fourth-order valence-electron chi connectivity index (χ4n) is 2.08. The predicted molar refractivity (Wildman–Crippen MR) is 74.3 cm³/mol. The van der Waals surface area contributed by atoms with Crippen LogP contribution in [0.15, 0.2) is 59.0 Å². The van der Waals surface area contributed by atoms with Gasteiger partial charge in [-0.05, 0) is 24.6 Å². The number of furan rings is 1. The van der Waals surface area contributed by atoms with Crippen LogP contribution in [-0.2, 0) is 0 Å². The number of rotatable bonds is 2. The summed E-state index contributed by atoms with van der Waals surface area (Å²) in [5.41, 5.74) is 8.97. The molecule has 0 aliphatic heterocycles. The molecular formula is C16H15NO. The molecule has 0 fully saturated rings. The van der Waals surface area contributed by atoms with Crippen molar-refractivity contribution in [3.63, 3.8) is 0 Å². The molecule has 0 bridgehead atoms. The molecule has 3 rings (SSSR count). The Labute approximate surface area is 106 Å². The Kier molecular flexibility index (Phi) is 2.65. The molecule has 18 heavy (non-hydrogen) atoms. The molecule has 0 aliphatic carbocycles. The van der Waals surface area contributed by atoms with Crippen molar-refractivity contribution in [2.45, 2.75) is 13.0 Å². The van der Waals surface area contributed by atoms with Crippen molar-refractivity contribution in [2.24, 2.45) is 5.73 Å². The summed E-state index contributed by atoms with van der Waals surface area (Å²) in [5, 5.41) is 1.13. The van der Waals surface area contributed by atoms with Gasteiger partial charge in [0.15, 0.2) is 0 Å². The molecule has 3 aromatic rings. The number of para-hydroxylation sites is 1. The Balaban J connectivity index is 2.03. The maximum atomic E-state index is 5.84. The minimum atomic E-state index is 0.0646. The summed E-state index contributed by atoms with van der Waals surface area (Å²) in [7, 11) is 0. The van der Waals surface area contributed by atoms with Crippen molar-refractivity contribution >= 4 is 11.0 Å². The summed E-state index contributed by atoms with van der Waals surface area (Å²) in [6.45, 7) is 1.98. The van der Waals surface area contributed by atoms with Gasteiger partial charge in [-0.15, -0.1) is 0 Å². The van der Waals surface area contributed by atoms with Crippen molar-refractivity contribution in [3.8, 4) is 11.3 Å². The number of hydrogen-bond acceptors (Lipinski definition) is 2. The highest BCUT2D eigenvalue weighted by Gasteiger charge is 2.06. The summed E-state index contributed by atoms with van der Waals surface area (Å²) in [4.78, 5) is 0. The van der Waals surface area contributed by atoms with Crippen LogP contribution in [0.25, 0.3) is 22.3 Å². The van der Waals surface area contributed by atoms with E-state index >= 15 is 0 Å². The molecule has 2 nitrogen and oxygen atoms in total. The lowest BCUT2D eigenvalue weighted by Gasteiger charge is -2.05. The molecule has 0 amide bonds. The van der Waals surface area contributed by atoms with Gasteiger partial charge in [-0.3, -0.25) is 0 Å². The van der Waals surface area contributed by atoms with Crippen molar-refractivity contribution in [1.82, 2.24) is 0 Å². The van der Waals surface area contributed by atoms with Gasteiger partial charge in [0.1, 0.15) is 11.3 Å². The number of benzene rings is 2. The van der Waals surface area contributed by atoms with Crippen LogP contribution in [0.2, 0.25) is 0 Å². The van der Waals surface area contributed by atoms with E-state index in [1.807, 2.05) is 37.3 Å². The Morgan fingerprint density at radius 3 is 2.39 bits per heavy atom. The van der Waals surface area contributed by atoms with E-state index in [4.69, 9.17) is 10.2 Å². The first-order chi connectivity index (χ1) is 8.74. The van der Waals surface area contributed by atoms with E-state index in [0.717, 1.165) is 27.9 Å². The van der Waals surface area contributed by atoms with Crippen molar-refractivity contribution in [1.29, 1.82) is 0 Å². The smallest absolute Gasteiger partial charge is 0.135 e. The lowest BCUT2D eigenvalue weighted by atomic mass is 10.1. The lowest BCUT2D eigenvalue weighted by Crippen LogP contribution is -2.04. The third-order valence-electron chi connectivity index (χ3n) is 3.15. The van der Waals surface area contributed by atoms with Crippen molar-refractivity contribution in [3.05, 3.63) is 60.2 Å². The molecule has 1 aromatic heterocycles. The second-order valence-corrected chi connectivity index (χ2v) is 4.56. The van der Waals surface area contributed by atoms with E-state index in [0.29, 0.717) is 0 Å². The van der Waals surface area contributed by atoms with Gasteiger partial charge in [-0.2, -0.15) is 0 Å². The fourth-order valence-corrected chi connectivity index (χ4v) is 2.08. The average molecular weight is 237 g/mol. The molecule has 0 spiro atoms. The van der Waals surface area contributed by atoms with Crippen LogP contribution in [0.5, 0.6) is 0 Å². The second kappa shape index (κ2) is 4.31. The summed E-state index contributed by atoms with van der Waals surface area (Å²) < 4.78 is 5.82. The SMILES string of the molecule is CC(N)c1ccc(-c2cc3ccccc3o2)cc1. The molecule has 0 saturated heterocycles. The zero-order valence-corrected chi connectivity index (χ0v) is 10.3. The van der Waals surface area contributed by atoms with Crippen LogP contribution >= 0.6 is 0 Å². The average Bonchev–Trinajstić information content (AvgIpc) is 2.82. The largest absolute Gasteiger partial charge is 0.456 e. The molecule has 0 radical (unpaired) electrons. The van der Waals surface area contributed by atoms with E-state index in [-0.39, 0.29) is 6.04 Å². The van der Waals surface area contributed by atoms with Crippen molar-refractivity contribution < 1.29 is 4.42 Å². The maximum Gasteiger partial charge on any atom is 0.135 e. The van der Waals surface area contributed by atoms with E-state index in [2.05, 4.69) is 24.3 Å². The first-order valence-corrected chi connectivity index (χ1v) is 6.08. The van der Waals surface area contributed by atoms with Crippen LogP contribution in [0.1, 0.15) is 18.5 Å². The van der Waals surface area contributed by atoms with Gasteiger partial charge in [0.25, 0.3) is 0 Å². The maximum absolute atomic E-state index is 5.84. The van der Waals surface area contributed by atoms with Gasteiger partial charge in [0.2, 0.25) is 0 Å². The fraction of sp³-hybridized carbons (Fsp3) is 0.125. The van der Waals surface area contributed by atoms with E-state index in [9.17, 15) is 0 Å². The highest BCUT2D eigenvalue weighted by molar-refractivity contribution is 5.82. The topological polar surface area (TPSA) is 39.2 Å². The molecule has 0 saturated carbocycles.